The van der Waals surface area contributed by atoms with Crippen molar-refractivity contribution >= 4 is 11.9 Å². The van der Waals surface area contributed by atoms with Crippen molar-refractivity contribution in [2.45, 2.75) is 37.9 Å². The number of ether oxygens (including phenoxy) is 3. The molecule has 0 aromatic carbocycles. The van der Waals surface area contributed by atoms with Gasteiger partial charge in [-0.25, -0.2) is 9.59 Å². The molecule has 0 aliphatic carbocycles. The van der Waals surface area contributed by atoms with Crippen LogP contribution in [0.15, 0.2) is 0 Å². The van der Waals surface area contributed by atoms with Crippen molar-refractivity contribution in [1.82, 2.24) is 0 Å². The predicted molar refractivity (Wildman–Crippen MR) is 49.0 cm³/mol. The molecule has 2 rings (SSSR count). The molecule has 5 heteroatoms. The summed E-state index contributed by atoms with van der Waals surface area (Å²) in [7, 11) is 0. The Bertz CT molecular complexity index is 237. The molecule has 2 unspecified atom stereocenters. The zero-order valence-corrected chi connectivity index (χ0v) is 8.44. The Morgan fingerprint density at radius 2 is 1.40 bits per heavy atom. The van der Waals surface area contributed by atoms with Crippen molar-refractivity contribution in [3.05, 3.63) is 0 Å². The van der Waals surface area contributed by atoms with Gasteiger partial charge >= 0.3 is 11.9 Å². The van der Waals surface area contributed by atoms with Crippen molar-refractivity contribution in [1.29, 1.82) is 0 Å². The lowest BCUT2D eigenvalue weighted by Crippen LogP contribution is -2.40. The van der Waals surface area contributed by atoms with E-state index in [1.165, 1.54) is 0 Å². The molecule has 0 amide bonds. The summed E-state index contributed by atoms with van der Waals surface area (Å²) < 4.78 is 15.1. The second kappa shape index (κ2) is 4.61. The van der Waals surface area contributed by atoms with Crippen LogP contribution in [0.1, 0.15) is 25.7 Å². The fraction of sp³-hybridized carbons (Fsp3) is 0.800. The Morgan fingerprint density at radius 1 is 0.933 bits per heavy atom. The molecule has 15 heavy (non-hydrogen) atoms. The molecule has 0 aromatic heterocycles. The summed E-state index contributed by atoms with van der Waals surface area (Å²) in [5.74, 6) is -0.723. The van der Waals surface area contributed by atoms with Gasteiger partial charge in [0.1, 0.15) is 0 Å². The number of rotatable bonds is 2. The smallest absolute Gasteiger partial charge is 0.335 e. The minimum Gasteiger partial charge on any atom is -0.464 e. The highest BCUT2D eigenvalue weighted by molar-refractivity contribution is 5.78. The first-order chi connectivity index (χ1) is 7.27. The molecule has 2 heterocycles. The molecule has 5 nitrogen and oxygen atoms in total. The zero-order chi connectivity index (χ0) is 10.7. The molecule has 0 aromatic rings. The Morgan fingerprint density at radius 3 is 1.80 bits per heavy atom. The van der Waals surface area contributed by atoms with E-state index >= 15 is 0 Å². The van der Waals surface area contributed by atoms with Gasteiger partial charge in [0.25, 0.3) is 0 Å². The lowest BCUT2D eigenvalue weighted by atomic mass is 10.1. The molecule has 2 aliphatic heterocycles. The van der Waals surface area contributed by atoms with Crippen LogP contribution in [0.2, 0.25) is 0 Å². The van der Waals surface area contributed by atoms with Crippen LogP contribution in [0.5, 0.6) is 0 Å². The van der Waals surface area contributed by atoms with E-state index in [0.717, 1.165) is 12.8 Å². The number of carbonyl (C=O) groups is 2. The van der Waals surface area contributed by atoms with Crippen molar-refractivity contribution in [3.8, 4) is 0 Å². The summed E-state index contributed by atoms with van der Waals surface area (Å²) in [5, 5.41) is 0. The van der Waals surface area contributed by atoms with Gasteiger partial charge in [-0.1, -0.05) is 0 Å². The third-order valence-corrected chi connectivity index (χ3v) is 2.56. The van der Waals surface area contributed by atoms with Gasteiger partial charge in [0.15, 0.2) is 12.2 Å². The van der Waals surface area contributed by atoms with E-state index < -0.39 is 12.2 Å². The molecule has 0 spiro atoms. The van der Waals surface area contributed by atoms with Crippen molar-refractivity contribution in [3.63, 3.8) is 0 Å². The molecule has 2 fully saturated rings. The third-order valence-electron chi connectivity index (χ3n) is 2.56. The first kappa shape index (κ1) is 10.4. The number of hydrogen-bond donors (Lipinski definition) is 0. The average molecular weight is 214 g/mol. The van der Waals surface area contributed by atoms with Gasteiger partial charge in [0.2, 0.25) is 0 Å². The lowest BCUT2D eigenvalue weighted by Gasteiger charge is -2.27. The second-order valence-electron chi connectivity index (χ2n) is 3.73. The Labute approximate surface area is 87.7 Å². The van der Waals surface area contributed by atoms with Crippen LogP contribution < -0.4 is 0 Å². The molecule has 0 saturated carbocycles. The normalized spacial score (nSPS) is 32.0. The van der Waals surface area contributed by atoms with Crippen LogP contribution in [-0.2, 0) is 23.8 Å². The van der Waals surface area contributed by atoms with Gasteiger partial charge in [0, 0.05) is 0 Å². The molecule has 0 radical (unpaired) electrons. The maximum Gasteiger partial charge on any atom is 0.335 e. The quantitative estimate of drug-likeness (QED) is 0.623. The SMILES string of the molecule is O=C1OCCCC1OC1CCCOC1=O. The first-order valence-corrected chi connectivity index (χ1v) is 5.26. The van der Waals surface area contributed by atoms with Crippen molar-refractivity contribution < 1.29 is 23.8 Å². The molecular weight excluding hydrogens is 200 g/mol. The maximum absolute atomic E-state index is 11.3. The van der Waals surface area contributed by atoms with E-state index in [-0.39, 0.29) is 11.9 Å². The minimum absolute atomic E-state index is 0.361. The topological polar surface area (TPSA) is 61.8 Å². The Balaban J connectivity index is 1.89. The maximum atomic E-state index is 11.3. The van der Waals surface area contributed by atoms with Gasteiger partial charge in [0.05, 0.1) is 13.2 Å². The first-order valence-electron chi connectivity index (χ1n) is 5.26. The van der Waals surface area contributed by atoms with E-state index in [0.29, 0.717) is 26.1 Å². The fourth-order valence-corrected chi connectivity index (χ4v) is 1.75. The van der Waals surface area contributed by atoms with Crippen molar-refractivity contribution in [2.75, 3.05) is 13.2 Å². The predicted octanol–water partition coefficient (Wildman–Crippen LogP) is 0.414. The van der Waals surface area contributed by atoms with Gasteiger partial charge in [-0.05, 0) is 25.7 Å². The summed E-state index contributed by atoms with van der Waals surface area (Å²) in [5.41, 5.74) is 0. The van der Waals surface area contributed by atoms with Crippen molar-refractivity contribution in [2.24, 2.45) is 0 Å². The van der Waals surface area contributed by atoms with Crippen LogP contribution in [0.4, 0.5) is 0 Å². The molecule has 84 valence electrons. The monoisotopic (exact) mass is 214 g/mol. The highest BCUT2D eigenvalue weighted by atomic mass is 16.6. The largest absolute Gasteiger partial charge is 0.464 e. The molecule has 0 N–H and O–H groups in total. The van der Waals surface area contributed by atoms with Crippen LogP contribution in [0, 0.1) is 0 Å². The highest BCUT2D eigenvalue weighted by Gasteiger charge is 2.33. The van der Waals surface area contributed by atoms with Gasteiger partial charge in [-0.2, -0.15) is 0 Å². The van der Waals surface area contributed by atoms with E-state index in [1.807, 2.05) is 0 Å². The van der Waals surface area contributed by atoms with E-state index in [9.17, 15) is 9.59 Å². The molecular formula is C10H14O5. The van der Waals surface area contributed by atoms with E-state index in [2.05, 4.69) is 0 Å². The second-order valence-corrected chi connectivity index (χ2v) is 3.73. The summed E-state index contributed by atoms with van der Waals surface area (Å²) in [6, 6.07) is 0. The molecule has 2 aliphatic rings. The van der Waals surface area contributed by atoms with Gasteiger partial charge < -0.3 is 14.2 Å². The standard InChI is InChI=1S/C10H14O5/c11-9-7(3-1-5-13-9)15-8-4-2-6-14-10(8)12/h7-8H,1-6H2. The molecule has 2 saturated heterocycles. The fourth-order valence-electron chi connectivity index (χ4n) is 1.75. The van der Waals surface area contributed by atoms with Crippen LogP contribution in [-0.4, -0.2) is 37.4 Å². The Kier molecular flexibility index (Phi) is 3.20. The Hall–Kier alpha value is -1.10. The van der Waals surface area contributed by atoms with E-state index in [4.69, 9.17) is 14.2 Å². The van der Waals surface area contributed by atoms with E-state index in [1.54, 1.807) is 0 Å². The zero-order valence-electron chi connectivity index (χ0n) is 8.44. The van der Waals surface area contributed by atoms with Crippen LogP contribution in [0.3, 0.4) is 0 Å². The molecule has 2 atom stereocenters. The highest BCUT2D eigenvalue weighted by Crippen LogP contribution is 2.18. The summed E-state index contributed by atoms with van der Waals surface area (Å²) >= 11 is 0. The summed E-state index contributed by atoms with van der Waals surface area (Å²) in [4.78, 5) is 22.6. The minimum atomic E-state index is -0.589. The number of carbonyl (C=O) groups excluding carboxylic acids is 2. The van der Waals surface area contributed by atoms with Crippen LogP contribution >= 0.6 is 0 Å². The number of cyclic esters (lactones) is 2. The lowest BCUT2D eigenvalue weighted by molar-refractivity contribution is -0.181. The third kappa shape index (κ3) is 2.47. The average Bonchev–Trinajstić information content (AvgIpc) is 2.24. The van der Waals surface area contributed by atoms with Gasteiger partial charge in [-0.3, -0.25) is 0 Å². The van der Waals surface area contributed by atoms with Crippen LogP contribution in [0.25, 0.3) is 0 Å². The number of hydrogen-bond acceptors (Lipinski definition) is 5. The summed E-state index contributed by atoms with van der Waals surface area (Å²) in [6.45, 7) is 0.904. The van der Waals surface area contributed by atoms with Gasteiger partial charge in [-0.15, -0.1) is 0 Å². The number of esters is 2. The molecule has 0 bridgehead atoms. The summed E-state index contributed by atoms with van der Waals surface area (Å²) in [6.07, 6.45) is 1.66.